The number of anilines is 1. The third-order valence-electron chi connectivity index (χ3n) is 6.92. The van der Waals surface area contributed by atoms with E-state index in [2.05, 4.69) is 53.2 Å². The van der Waals surface area contributed by atoms with Gasteiger partial charge in [0.05, 0.1) is 12.7 Å². The molecule has 1 aliphatic heterocycles. The fourth-order valence-corrected chi connectivity index (χ4v) is 5.19. The Hall–Kier alpha value is -3.12. The maximum atomic E-state index is 13.4. The van der Waals surface area contributed by atoms with Gasteiger partial charge in [-0.2, -0.15) is 0 Å². The van der Waals surface area contributed by atoms with Crippen LogP contribution in [0.15, 0.2) is 60.8 Å². The van der Waals surface area contributed by atoms with Gasteiger partial charge < -0.3 is 14.4 Å². The van der Waals surface area contributed by atoms with E-state index in [9.17, 15) is 4.79 Å². The fourth-order valence-electron chi connectivity index (χ4n) is 5.19. The lowest BCUT2D eigenvalue weighted by Gasteiger charge is -2.29. The van der Waals surface area contributed by atoms with E-state index in [1.165, 1.54) is 5.56 Å². The molecule has 36 heavy (non-hydrogen) atoms. The highest BCUT2D eigenvalue weighted by atomic mass is 16.5. The average molecular weight is 490 g/mol. The number of allylic oxidation sites excluding steroid dienone is 4. The molecule has 1 aromatic heterocycles. The molecule has 0 spiro atoms. The van der Waals surface area contributed by atoms with E-state index < -0.39 is 0 Å². The molecule has 0 N–H and O–H groups in total. The first kappa shape index (κ1) is 26.0. The summed E-state index contributed by atoms with van der Waals surface area (Å²) in [6, 6.07) is 10.6. The zero-order valence-electron chi connectivity index (χ0n) is 22.0. The molecule has 0 radical (unpaired) electrons. The molecule has 1 aliphatic carbocycles. The Morgan fingerprint density at radius 1 is 1.19 bits per heavy atom. The average Bonchev–Trinajstić information content (AvgIpc) is 3.38. The number of aromatic nitrogens is 1. The summed E-state index contributed by atoms with van der Waals surface area (Å²) in [6.45, 7) is 12.1. The van der Waals surface area contributed by atoms with E-state index in [0.29, 0.717) is 18.2 Å². The second-order valence-electron chi connectivity index (χ2n) is 9.70. The van der Waals surface area contributed by atoms with Crippen LogP contribution in [0.25, 0.3) is 0 Å². The van der Waals surface area contributed by atoms with Crippen molar-refractivity contribution in [3.05, 3.63) is 77.5 Å². The van der Waals surface area contributed by atoms with Crippen molar-refractivity contribution >= 4 is 11.8 Å². The molecule has 192 valence electrons. The number of pyridine rings is 1. The van der Waals surface area contributed by atoms with Crippen LogP contribution in [0.2, 0.25) is 0 Å². The van der Waals surface area contributed by atoms with Crippen molar-refractivity contribution < 1.29 is 14.3 Å². The second-order valence-corrected chi connectivity index (χ2v) is 9.70. The first-order valence-corrected chi connectivity index (χ1v) is 13.2. The Balaban J connectivity index is 1.58. The van der Waals surface area contributed by atoms with Gasteiger partial charge in [0.25, 0.3) is 0 Å². The Morgan fingerprint density at radius 3 is 2.75 bits per heavy atom. The number of carbonyl (C=O) groups is 1. The summed E-state index contributed by atoms with van der Waals surface area (Å²) in [7, 11) is 0. The zero-order chi connectivity index (χ0) is 25.5. The number of carbonyl (C=O) groups excluding carboxylic acids is 1. The summed E-state index contributed by atoms with van der Waals surface area (Å²) >= 11 is 0. The van der Waals surface area contributed by atoms with Gasteiger partial charge in [-0.25, -0.2) is 9.78 Å². The van der Waals surface area contributed by atoms with Crippen LogP contribution < -0.4 is 9.64 Å². The topological polar surface area (TPSA) is 54.9 Å². The van der Waals surface area contributed by atoms with Crippen LogP contribution in [-0.4, -0.2) is 54.2 Å². The van der Waals surface area contributed by atoms with Crippen molar-refractivity contribution in [2.45, 2.75) is 65.1 Å². The van der Waals surface area contributed by atoms with Crippen LogP contribution >= 0.6 is 0 Å². The van der Waals surface area contributed by atoms with E-state index in [-0.39, 0.29) is 18.0 Å². The third-order valence-corrected chi connectivity index (χ3v) is 6.92. The van der Waals surface area contributed by atoms with Gasteiger partial charge in [0.15, 0.2) is 0 Å². The number of hydrogen-bond donors (Lipinski definition) is 0. The summed E-state index contributed by atoms with van der Waals surface area (Å²) in [5.74, 6) is 1.56. The van der Waals surface area contributed by atoms with Crippen molar-refractivity contribution in [2.75, 3.05) is 31.1 Å². The van der Waals surface area contributed by atoms with Crippen LogP contribution in [0, 0.1) is 0 Å². The third kappa shape index (κ3) is 5.98. The molecule has 4 rings (SSSR count). The SMILES string of the molecule is CCOc1ccccc1CN(CC)[C@@H]1CCN(c2nccc(C3C=CC=CC3)c2C(=O)OC(C)C)C1. The van der Waals surface area contributed by atoms with Gasteiger partial charge in [-0.05, 0) is 57.9 Å². The molecule has 0 saturated carbocycles. The molecule has 1 aromatic carbocycles. The van der Waals surface area contributed by atoms with Crippen LogP contribution in [0.1, 0.15) is 67.9 Å². The molecule has 1 saturated heterocycles. The maximum absolute atomic E-state index is 13.4. The van der Waals surface area contributed by atoms with Crippen LogP contribution in [-0.2, 0) is 11.3 Å². The molecular formula is C30H39N3O3. The van der Waals surface area contributed by atoms with Gasteiger partial charge in [0.1, 0.15) is 17.1 Å². The number of benzene rings is 1. The van der Waals surface area contributed by atoms with Gasteiger partial charge in [0, 0.05) is 43.4 Å². The number of nitrogens with zero attached hydrogens (tertiary/aromatic N) is 3. The van der Waals surface area contributed by atoms with Crippen molar-refractivity contribution in [2.24, 2.45) is 0 Å². The van der Waals surface area contributed by atoms with Gasteiger partial charge in [-0.1, -0.05) is 49.4 Å². The lowest BCUT2D eigenvalue weighted by molar-refractivity contribution is 0.0376. The second kappa shape index (κ2) is 12.2. The Morgan fingerprint density at radius 2 is 2.03 bits per heavy atom. The summed E-state index contributed by atoms with van der Waals surface area (Å²) in [5.41, 5.74) is 2.81. The van der Waals surface area contributed by atoms with E-state index in [0.717, 1.165) is 56.2 Å². The number of para-hydroxylation sites is 1. The maximum Gasteiger partial charge on any atom is 0.342 e. The minimum atomic E-state index is -0.285. The molecule has 0 bridgehead atoms. The van der Waals surface area contributed by atoms with Gasteiger partial charge in [-0.15, -0.1) is 0 Å². The minimum absolute atomic E-state index is 0.145. The fraction of sp³-hybridized carbons (Fsp3) is 0.467. The van der Waals surface area contributed by atoms with Crippen LogP contribution in [0.5, 0.6) is 5.75 Å². The molecule has 2 heterocycles. The Kier molecular flexibility index (Phi) is 8.81. The van der Waals surface area contributed by atoms with Crippen molar-refractivity contribution in [1.82, 2.24) is 9.88 Å². The normalized spacial score (nSPS) is 19.3. The number of likely N-dealkylation sites (N-methyl/N-ethyl adjacent to an activating group) is 1. The van der Waals surface area contributed by atoms with Gasteiger partial charge in [0.2, 0.25) is 0 Å². The lowest BCUT2D eigenvalue weighted by atomic mass is 9.89. The minimum Gasteiger partial charge on any atom is -0.494 e. The van der Waals surface area contributed by atoms with E-state index in [4.69, 9.17) is 14.5 Å². The molecular weight excluding hydrogens is 450 g/mol. The van der Waals surface area contributed by atoms with E-state index >= 15 is 0 Å². The molecule has 6 heteroatoms. The monoisotopic (exact) mass is 489 g/mol. The molecule has 6 nitrogen and oxygen atoms in total. The Labute approximate surface area is 215 Å². The molecule has 2 aliphatic rings. The number of hydrogen-bond acceptors (Lipinski definition) is 6. The predicted molar refractivity (Wildman–Crippen MR) is 145 cm³/mol. The van der Waals surface area contributed by atoms with Gasteiger partial charge >= 0.3 is 5.97 Å². The predicted octanol–water partition coefficient (Wildman–Crippen LogP) is 5.75. The van der Waals surface area contributed by atoms with Crippen molar-refractivity contribution in [3.63, 3.8) is 0 Å². The quantitative estimate of drug-likeness (QED) is 0.396. The molecule has 2 atom stereocenters. The van der Waals surface area contributed by atoms with Crippen molar-refractivity contribution in [1.29, 1.82) is 0 Å². The molecule has 0 amide bonds. The smallest absolute Gasteiger partial charge is 0.342 e. The lowest BCUT2D eigenvalue weighted by Crippen LogP contribution is -2.37. The Bertz CT molecular complexity index is 1090. The summed E-state index contributed by atoms with van der Waals surface area (Å²) in [5, 5.41) is 0. The highest BCUT2D eigenvalue weighted by Crippen LogP contribution is 2.34. The van der Waals surface area contributed by atoms with Gasteiger partial charge in [-0.3, -0.25) is 4.90 Å². The first-order chi connectivity index (χ1) is 17.5. The number of ether oxygens (including phenoxy) is 2. The molecule has 1 fully saturated rings. The zero-order valence-corrected chi connectivity index (χ0v) is 22.0. The van der Waals surface area contributed by atoms with E-state index in [1.54, 1.807) is 0 Å². The standard InChI is InChI=1S/C30H39N3O3/c1-5-32(20-24-14-10-11-15-27(24)35-6-2)25-17-19-33(21-25)29-28(30(34)36-22(3)4)26(16-18-31-29)23-12-8-7-9-13-23/h7-12,14-16,18,22-23,25H,5-6,13,17,19-21H2,1-4H3/t23?,25-/m1/s1. The molecule has 1 unspecified atom stereocenters. The summed E-state index contributed by atoms with van der Waals surface area (Å²) in [4.78, 5) is 22.9. The summed E-state index contributed by atoms with van der Waals surface area (Å²) in [6.07, 6.45) is 11.9. The van der Waals surface area contributed by atoms with Crippen LogP contribution in [0.3, 0.4) is 0 Å². The summed E-state index contributed by atoms with van der Waals surface area (Å²) < 4.78 is 11.6. The molecule has 2 aromatic rings. The van der Waals surface area contributed by atoms with Crippen molar-refractivity contribution in [3.8, 4) is 5.75 Å². The number of rotatable bonds is 10. The first-order valence-electron chi connectivity index (χ1n) is 13.2. The highest BCUT2D eigenvalue weighted by Gasteiger charge is 2.33. The van der Waals surface area contributed by atoms with E-state index in [1.807, 2.05) is 45.2 Å². The largest absolute Gasteiger partial charge is 0.494 e. The number of esters is 1. The van der Waals surface area contributed by atoms with Crippen LogP contribution in [0.4, 0.5) is 5.82 Å². The highest BCUT2D eigenvalue weighted by molar-refractivity contribution is 5.97.